The minimum Gasteiger partial charge on any atom is -0.204 e. The van der Waals surface area contributed by atoms with E-state index in [1.807, 2.05) is 0 Å². The molecule has 2 rings (SSSR count). The van der Waals surface area contributed by atoms with E-state index in [-0.39, 0.29) is 5.78 Å². The van der Waals surface area contributed by atoms with Crippen molar-refractivity contribution >= 4 is 21.7 Å². The summed E-state index contributed by atoms with van der Waals surface area (Å²) in [6, 6.07) is 1.47. The highest BCUT2D eigenvalue weighted by atomic mass is 79.9. The van der Waals surface area contributed by atoms with Crippen LogP contribution < -0.4 is 0 Å². The predicted molar refractivity (Wildman–Crippen MR) is 43.5 cm³/mol. The van der Waals surface area contributed by atoms with Crippen LogP contribution in [0.5, 0.6) is 0 Å². The maximum Gasteiger partial charge on any atom is 0.453 e. The molecule has 0 radical (unpaired) electrons. The van der Waals surface area contributed by atoms with Crippen LogP contribution in [0.25, 0.3) is 5.78 Å². The van der Waals surface area contributed by atoms with E-state index in [0.29, 0.717) is 4.60 Å². The van der Waals surface area contributed by atoms with Gasteiger partial charge in [0.1, 0.15) is 4.60 Å². The van der Waals surface area contributed by atoms with Crippen LogP contribution in [0.15, 0.2) is 16.9 Å². The van der Waals surface area contributed by atoms with Crippen LogP contribution in [0.2, 0.25) is 0 Å². The Hall–Kier alpha value is -1.18. The summed E-state index contributed by atoms with van der Waals surface area (Å²) in [7, 11) is 0. The van der Waals surface area contributed by atoms with Crippen LogP contribution in [-0.2, 0) is 6.18 Å². The molecule has 0 aliphatic carbocycles. The summed E-state index contributed by atoms with van der Waals surface area (Å²) in [4.78, 5) is 6.95. The number of hydrogen-bond donors (Lipinski definition) is 0. The molecule has 0 unspecified atom stereocenters. The van der Waals surface area contributed by atoms with E-state index in [2.05, 4.69) is 31.0 Å². The van der Waals surface area contributed by atoms with Crippen LogP contribution in [-0.4, -0.2) is 19.6 Å². The van der Waals surface area contributed by atoms with E-state index < -0.39 is 12.0 Å². The number of fused-ring (bicyclic) bond motifs is 1. The second-order valence-electron chi connectivity index (χ2n) is 2.43. The fourth-order valence-corrected chi connectivity index (χ4v) is 1.15. The fraction of sp³-hybridized carbons (Fsp3) is 0.167. The molecule has 4 nitrogen and oxygen atoms in total. The molecule has 0 aliphatic heterocycles. The molecule has 0 N–H and O–H groups in total. The summed E-state index contributed by atoms with van der Waals surface area (Å²) in [6.07, 6.45) is -3.20. The largest absolute Gasteiger partial charge is 0.453 e. The predicted octanol–water partition coefficient (Wildman–Crippen LogP) is 1.91. The monoisotopic (exact) mass is 266 g/mol. The van der Waals surface area contributed by atoms with Crippen molar-refractivity contribution in [1.29, 1.82) is 0 Å². The lowest BCUT2D eigenvalue weighted by Crippen LogP contribution is -2.07. The molecule has 8 heteroatoms. The van der Waals surface area contributed by atoms with Gasteiger partial charge in [0.05, 0.1) is 0 Å². The Kier molecular flexibility index (Phi) is 1.95. The molecular weight excluding hydrogens is 265 g/mol. The summed E-state index contributed by atoms with van der Waals surface area (Å²) in [5.74, 6) is -1.28. The van der Waals surface area contributed by atoms with E-state index in [0.717, 1.165) is 4.52 Å². The average molecular weight is 267 g/mol. The number of alkyl halides is 3. The third-order valence-electron chi connectivity index (χ3n) is 1.43. The van der Waals surface area contributed by atoms with Crippen molar-refractivity contribution in [1.82, 2.24) is 19.6 Å². The van der Waals surface area contributed by atoms with E-state index in [1.165, 1.54) is 12.3 Å². The molecule has 2 heterocycles. The Bertz CT molecular complexity index is 477. The second kappa shape index (κ2) is 2.91. The van der Waals surface area contributed by atoms with Gasteiger partial charge >= 0.3 is 6.18 Å². The zero-order valence-electron chi connectivity index (χ0n) is 6.46. The number of halogens is 4. The molecular formula is C6H2BrF3N4. The average Bonchev–Trinajstić information content (AvgIpc) is 2.45. The Morgan fingerprint density at radius 1 is 1.29 bits per heavy atom. The molecule has 0 spiro atoms. The molecule has 74 valence electrons. The van der Waals surface area contributed by atoms with E-state index >= 15 is 0 Å². The van der Waals surface area contributed by atoms with Gasteiger partial charge in [-0.3, -0.25) is 0 Å². The third-order valence-corrected chi connectivity index (χ3v) is 1.87. The molecule has 14 heavy (non-hydrogen) atoms. The van der Waals surface area contributed by atoms with Gasteiger partial charge < -0.3 is 0 Å². The zero-order chi connectivity index (χ0) is 10.3. The number of rotatable bonds is 0. The molecule has 0 amide bonds. The van der Waals surface area contributed by atoms with Crippen molar-refractivity contribution in [2.24, 2.45) is 0 Å². The van der Waals surface area contributed by atoms with Crippen molar-refractivity contribution < 1.29 is 13.2 Å². The first-order chi connectivity index (χ1) is 6.47. The minimum absolute atomic E-state index is 0.0910. The van der Waals surface area contributed by atoms with E-state index in [1.54, 1.807) is 0 Å². The quantitative estimate of drug-likeness (QED) is 0.685. The highest BCUT2D eigenvalue weighted by molar-refractivity contribution is 9.10. The second-order valence-corrected chi connectivity index (χ2v) is 3.24. The van der Waals surface area contributed by atoms with Crippen LogP contribution in [0.1, 0.15) is 5.82 Å². The maximum atomic E-state index is 12.1. The summed E-state index contributed by atoms with van der Waals surface area (Å²) < 4.78 is 37.8. The molecule has 2 aromatic heterocycles. The van der Waals surface area contributed by atoms with Crippen molar-refractivity contribution in [3.05, 3.63) is 22.7 Å². The Morgan fingerprint density at radius 3 is 2.64 bits per heavy atom. The summed E-state index contributed by atoms with van der Waals surface area (Å²) in [6.45, 7) is 0. The van der Waals surface area contributed by atoms with Gasteiger partial charge in [-0.05, 0) is 22.0 Å². The van der Waals surface area contributed by atoms with Crippen molar-refractivity contribution in [3.8, 4) is 0 Å². The van der Waals surface area contributed by atoms with Gasteiger partial charge in [-0.15, -0.1) is 5.10 Å². The van der Waals surface area contributed by atoms with Gasteiger partial charge in [0.25, 0.3) is 11.6 Å². The van der Waals surface area contributed by atoms with Gasteiger partial charge in [0, 0.05) is 6.20 Å². The summed E-state index contributed by atoms with van der Waals surface area (Å²) in [5, 5.41) is 3.22. The Balaban J connectivity index is 2.63. The number of hydrogen-bond acceptors (Lipinski definition) is 3. The smallest absolute Gasteiger partial charge is 0.204 e. The first kappa shape index (κ1) is 9.38. The third kappa shape index (κ3) is 1.57. The van der Waals surface area contributed by atoms with Gasteiger partial charge in [0.2, 0.25) is 0 Å². The Labute approximate surface area is 83.9 Å². The lowest BCUT2D eigenvalue weighted by molar-refractivity contribution is -0.144. The van der Waals surface area contributed by atoms with Crippen LogP contribution in [0.3, 0.4) is 0 Å². The highest BCUT2D eigenvalue weighted by Gasteiger charge is 2.36. The van der Waals surface area contributed by atoms with E-state index in [4.69, 9.17) is 0 Å². The molecule has 0 fully saturated rings. The van der Waals surface area contributed by atoms with Gasteiger partial charge in [0.15, 0.2) is 0 Å². The molecule has 2 aromatic rings. The highest BCUT2D eigenvalue weighted by Crippen LogP contribution is 2.26. The summed E-state index contributed by atoms with van der Waals surface area (Å²) >= 11 is 3.02. The Morgan fingerprint density at radius 2 is 2.00 bits per heavy atom. The molecule has 0 saturated heterocycles. The van der Waals surface area contributed by atoms with Crippen molar-refractivity contribution in [3.63, 3.8) is 0 Å². The van der Waals surface area contributed by atoms with Crippen LogP contribution in [0, 0.1) is 0 Å². The first-order valence-corrected chi connectivity index (χ1v) is 4.22. The van der Waals surface area contributed by atoms with Gasteiger partial charge in [-0.1, -0.05) is 0 Å². The normalized spacial score (nSPS) is 12.3. The van der Waals surface area contributed by atoms with Crippen LogP contribution in [0.4, 0.5) is 13.2 Å². The fourth-order valence-electron chi connectivity index (χ4n) is 0.876. The molecule has 0 aromatic carbocycles. The topological polar surface area (TPSA) is 43.1 Å². The zero-order valence-corrected chi connectivity index (χ0v) is 8.04. The van der Waals surface area contributed by atoms with E-state index in [9.17, 15) is 13.2 Å². The lowest BCUT2D eigenvalue weighted by atomic mass is 10.6. The van der Waals surface area contributed by atoms with Crippen molar-refractivity contribution in [2.75, 3.05) is 0 Å². The minimum atomic E-state index is -4.54. The van der Waals surface area contributed by atoms with Crippen LogP contribution >= 0.6 is 15.9 Å². The van der Waals surface area contributed by atoms with Gasteiger partial charge in [-0.25, -0.2) is 9.50 Å². The molecule has 0 atom stereocenters. The van der Waals surface area contributed by atoms with Crippen molar-refractivity contribution in [2.45, 2.75) is 6.18 Å². The number of aromatic nitrogens is 4. The molecule has 0 bridgehead atoms. The number of nitrogens with zero attached hydrogens (tertiary/aromatic N) is 4. The van der Waals surface area contributed by atoms with Gasteiger partial charge in [-0.2, -0.15) is 18.2 Å². The summed E-state index contributed by atoms with van der Waals surface area (Å²) in [5.41, 5.74) is 0. The molecule has 0 saturated carbocycles. The standard InChI is InChI=1S/C6H2BrF3N4/c7-3-1-2-14-5(11-3)12-4(13-14)6(8,9)10/h1-2H. The SMILES string of the molecule is FC(F)(F)c1nc2nc(Br)ccn2n1. The molecule has 0 aliphatic rings. The first-order valence-electron chi connectivity index (χ1n) is 3.43. The lowest BCUT2D eigenvalue weighted by Gasteiger charge is -1.96. The maximum absolute atomic E-state index is 12.1.